The molecule has 16 heavy (non-hydrogen) atoms. The third-order valence-corrected chi connectivity index (χ3v) is 0.250. The number of hydrogen-bond donors (Lipinski definition) is 0. The zero-order valence-corrected chi connectivity index (χ0v) is 11.3. The van der Waals surface area contributed by atoms with Gasteiger partial charge < -0.3 is 6.92 Å². The third-order valence-electron chi connectivity index (χ3n) is 0.250. The Morgan fingerprint density at radius 2 is 0.688 bits per heavy atom. The summed E-state index contributed by atoms with van der Waals surface area (Å²) in [5.74, 6) is 0. The van der Waals surface area contributed by atoms with E-state index in [1.165, 1.54) is 0 Å². The highest BCUT2D eigenvalue weighted by molar-refractivity contribution is 4.38. The fraction of sp³-hybridized carbons (Fsp3) is 0.250. The van der Waals surface area contributed by atoms with E-state index < -0.39 is 0 Å². The molecule has 0 saturated carbocycles. The van der Waals surface area contributed by atoms with Gasteiger partial charge in [-0.1, -0.05) is 0 Å². The Kier molecular flexibility index (Phi) is 646. The lowest BCUT2D eigenvalue weighted by molar-refractivity contribution is 1.05. The highest BCUT2D eigenvalue weighted by atomic mass is 13.6. The molecule has 0 amide bonds. The van der Waals surface area contributed by atoms with Gasteiger partial charge in [0.2, 0.25) is 0 Å². The molecular formula is C16H32. The second-order valence-electron chi connectivity index (χ2n) is 1.41. The Balaban J connectivity index is -0.0000000193. The van der Waals surface area contributed by atoms with Crippen molar-refractivity contribution >= 4 is 0 Å². The molecule has 0 rings (SSSR count). The summed E-state index contributed by atoms with van der Waals surface area (Å²) in [5.41, 5.74) is 0. The lowest BCUT2D eigenvalue weighted by atomic mass is 10.4. The predicted octanol–water partition coefficient (Wildman–Crippen LogP) is 5.93. The minimum absolute atomic E-state index is 0.750. The topological polar surface area (TPSA) is 0 Å². The van der Waals surface area contributed by atoms with E-state index in [2.05, 4.69) is 81.0 Å². The molecule has 0 bridgehead atoms. The van der Waals surface area contributed by atoms with Crippen LogP contribution in [0.1, 0.15) is 25.7 Å². The molecule has 0 nitrogen and oxygen atoms in total. The summed E-state index contributed by atoms with van der Waals surface area (Å²) < 4.78 is 0. The van der Waals surface area contributed by atoms with Gasteiger partial charge in [-0.2, -0.15) is 0 Å². The number of unbranched alkanes of at least 4 members (excludes halogenated alkanes) is 1. The van der Waals surface area contributed by atoms with Crippen molar-refractivity contribution in [2.45, 2.75) is 25.7 Å². The van der Waals surface area contributed by atoms with E-state index >= 15 is 0 Å². The fourth-order valence-electron chi connectivity index (χ4n) is 0. The van der Waals surface area contributed by atoms with Gasteiger partial charge in [-0.25, -0.2) is 0 Å². The first-order valence-corrected chi connectivity index (χ1v) is 5.00. The molecule has 0 aliphatic heterocycles. The Morgan fingerprint density at radius 1 is 0.625 bits per heavy atom. The minimum atomic E-state index is 0.750. The van der Waals surface area contributed by atoms with Crippen LogP contribution in [0.25, 0.3) is 0 Å². The molecule has 0 fully saturated rings. The molecule has 0 aliphatic rings. The number of rotatable bonds is 1. The maximum atomic E-state index is 3.54. The van der Waals surface area contributed by atoms with Gasteiger partial charge in [0.1, 0.15) is 0 Å². The van der Waals surface area contributed by atoms with E-state index in [-0.39, 0.29) is 0 Å². The molecule has 0 aliphatic carbocycles. The normalized spacial score (nSPS) is 4.69. The molecule has 0 aromatic heterocycles. The molecule has 0 heteroatoms. The van der Waals surface area contributed by atoms with Crippen LogP contribution < -0.4 is 0 Å². The summed E-state index contributed by atoms with van der Waals surface area (Å²) >= 11 is 0. The summed E-state index contributed by atoms with van der Waals surface area (Å²) in [6.07, 6.45) is 3.42. The second-order valence-corrected chi connectivity index (χ2v) is 1.41. The summed E-state index contributed by atoms with van der Waals surface area (Å²) in [4.78, 5) is 0. The first kappa shape index (κ1) is 36.4. The van der Waals surface area contributed by atoms with E-state index in [1.54, 1.807) is 0 Å². The molecule has 0 aromatic rings. The second kappa shape index (κ2) is 284. The zero-order chi connectivity index (χ0) is 14.8. The molecule has 96 valence electrons. The van der Waals surface area contributed by atoms with Gasteiger partial charge in [-0.15, -0.1) is 45.9 Å². The molecule has 0 unspecified atom stereocenters. The monoisotopic (exact) mass is 224 g/mol. The van der Waals surface area contributed by atoms with Crippen LogP contribution in [0.3, 0.4) is 0 Å². The SMILES string of the molecule is C=C.C=C.C=C.[CH2+]CC[CH2-].[CH2+]C[CH2-].[CH2+]C[CH2-]. The largest absolute Gasteiger partial charge is 0.339 e. The summed E-state index contributed by atoms with van der Waals surface area (Å²) in [6.45, 7) is 38.6. The number of hydrogen-bond acceptors (Lipinski definition) is 0. The first-order valence-electron chi connectivity index (χ1n) is 5.00. The molecule has 0 radical (unpaired) electrons. The standard InChI is InChI=1S/C4H8.2C3H6.3C2H4/c1-3-4-2;2*1-3-2;3*1-2/h1-4H2;2*1-3H2;3*1-2H2. The molecule has 0 atom stereocenters. The summed E-state index contributed by atoms with van der Waals surface area (Å²) in [6, 6.07) is 0. The van der Waals surface area contributed by atoms with Crippen molar-refractivity contribution in [3.63, 3.8) is 0 Å². The van der Waals surface area contributed by atoms with Crippen molar-refractivity contribution in [2.24, 2.45) is 0 Å². The van der Waals surface area contributed by atoms with Crippen molar-refractivity contribution in [1.82, 2.24) is 0 Å². The van der Waals surface area contributed by atoms with Gasteiger partial charge in [0.15, 0.2) is 0 Å². The Bertz CT molecular complexity index is 30.5. The lowest BCUT2D eigenvalue weighted by Gasteiger charge is -1.71. The molecular weight excluding hydrogens is 192 g/mol. The van der Waals surface area contributed by atoms with Crippen LogP contribution in [0.2, 0.25) is 0 Å². The highest BCUT2D eigenvalue weighted by Gasteiger charge is 1.57. The van der Waals surface area contributed by atoms with Crippen LogP contribution in [-0.2, 0) is 0 Å². The van der Waals surface area contributed by atoms with Crippen LogP contribution in [-0.4, -0.2) is 0 Å². The van der Waals surface area contributed by atoms with E-state index in [1.807, 2.05) is 0 Å². The maximum absolute atomic E-state index is 3.54. The molecule has 0 saturated heterocycles. The van der Waals surface area contributed by atoms with Gasteiger partial charge in [-0.3, -0.25) is 13.8 Å². The van der Waals surface area contributed by atoms with Gasteiger partial charge in [0.05, 0.1) is 13.3 Å². The van der Waals surface area contributed by atoms with Crippen molar-refractivity contribution in [2.75, 3.05) is 0 Å². The van der Waals surface area contributed by atoms with E-state index in [0.29, 0.717) is 0 Å². The van der Waals surface area contributed by atoms with Crippen molar-refractivity contribution < 1.29 is 0 Å². The lowest BCUT2D eigenvalue weighted by Crippen LogP contribution is -1.49. The molecule has 0 N–H and O–H groups in total. The van der Waals surface area contributed by atoms with Crippen LogP contribution >= 0.6 is 0 Å². The average molecular weight is 224 g/mol. The van der Waals surface area contributed by atoms with Crippen molar-refractivity contribution in [3.05, 3.63) is 81.0 Å². The van der Waals surface area contributed by atoms with E-state index in [0.717, 1.165) is 25.7 Å². The maximum Gasteiger partial charge on any atom is 0.0587 e. The third kappa shape index (κ3) is 62100. The van der Waals surface area contributed by atoms with Crippen LogP contribution in [0, 0.1) is 41.5 Å². The zero-order valence-electron chi connectivity index (χ0n) is 11.3. The van der Waals surface area contributed by atoms with Gasteiger partial charge in [0, 0.05) is 13.8 Å². The van der Waals surface area contributed by atoms with Crippen molar-refractivity contribution in [1.29, 1.82) is 0 Å². The smallest absolute Gasteiger partial charge is 0.0587 e. The Labute approximate surface area is 107 Å². The highest BCUT2D eigenvalue weighted by Crippen LogP contribution is 1.75. The van der Waals surface area contributed by atoms with Gasteiger partial charge in [-0.05, 0) is 12.8 Å². The minimum Gasteiger partial charge on any atom is -0.339 e. The van der Waals surface area contributed by atoms with Gasteiger partial charge >= 0.3 is 0 Å². The summed E-state index contributed by atoms with van der Waals surface area (Å²) in [5, 5.41) is 0. The molecule has 0 heterocycles. The van der Waals surface area contributed by atoms with E-state index in [4.69, 9.17) is 0 Å². The average Bonchev–Trinajstić information content (AvgIpc) is 2.38. The van der Waals surface area contributed by atoms with Crippen LogP contribution in [0.15, 0.2) is 39.5 Å². The van der Waals surface area contributed by atoms with Crippen molar-refractivity contribution in [3.8, 4) is 0 Å². The molecule has 0 spiro atoms. The Morgan fingerprint density at radius 3 is 0.688 bits per heavy atom. The molecule has 0 aromatic carbocycles. The van der Waals surface area contributed by atoms with Crippen LogP contribution in [0.5, 0.6) is 0 Å². The Hall–Kier alpha value is -1.17. The quantitative estimate of drug-likeness (QED) is 0.382. The predicted molar refractivity (Wildman–Crippen MR) is 84.4 cm³/mol. The van der Waals surface area contributed by atoms with Crippen LogP contribution in [0.4, 0.5) is 0 Å². The van der Waals surface area contributed by atoms with E-state index in [9.17, 15) is 0 Å². The summed E-state index contributed by atoms with van der Waals surface area (Å²) in [7, 11) is 0. The first-order chi connectivity index (χ1) is 7.74. The fourth-order valence-corrected chi connectivity index (χ4v) is 0. The van der Waals surface area contributed by atoms with Gasteiger partial charge in [0.25, 0.3) is 0 Å².